The van der Waals surface area contributed by atoms with Crippen molar-refractivity contribution in [1.82, 2.24) is 5.32 Å². The van der Waals surface area contributed by atoms with Gasteiger partial charge in [-0.1, -0.05) is 18.9 Å². The number of aliphatic imine (C=N–C) groups is 1. The van der Waals surface area contributed by atoms with E-state index in [1.165, 1.54) is 12.8 Å². The van der Waals surface area contributed by atoms with Crippen LogP contribution in [0.25, 0.3) is 0 Å². The summed E-state index contributed by atoms with van der Waals surface area (Å²) in [5.41, 5.74) is 1.29. The number of rotatable bonds is 4. The van der Waals surface area contributed by atoms with Crippen molar-refractivity contribution in [3.05, 3.63) is 35.1 Å². The molecule has 0 saturated heterocycles. The van der Waals surface area contributed by atoms with E-state index < -0.39 is 0 Å². The highest BCUT2D eigenvalue weighted by molar-refractivity contribution is 6.23. The van der Waals surface area contributed by atoms with Crippen molar-refractivity contribution < 1.29 is 19.4 Å². The van der Waals surface area contributed by atoms with E-state index in [-0.39, 0.29) is 23.5 Å². The molecule has 1 aromatic carbocycles. The topological polar surface area (TPSA) is 80.2 Å². The van der Waals surface area contributed by atoms with Crippen molar-refractivity contribution in [3.8, 4) is 11.5 Å². The number of aliphatic hydroxyl groups is 1. The number of nitrogens with zero attached hydrogens (tertiary/aromatic N) is 1. The zero-order chi connectivity index (χ0) is 19.0. The van der Waals surface area contributed by atoms with Gasteiger partial charge in [-0.05, 0) is 24.5 Å². The number of methoxy groups -OCH3 is 2. The minimum absolute atomic E-state index is 0.0634. The third kappa shape index (κ3) is 3.29. The second-order valence-corrected chi connectivity index (χ2v) is 7.54. The van der Waals surface area contributed by atoms with Crippen molar-refractivity contribution in [2.24, 2.45) is 4.99 Å². The minimum atomic E-state index is -0.119. The standard InChI is InChI=1S/C21H26N2O4/c1-26-13-7-8-14(19(11-13)27-2)12-9-17(24)20(18(25)10-12)21-22-15-5-3-4-6-16(15)23-21/h7-8,11-12,15-16,24H,3-6,9-10H2,1-2H3,(H,22,23)/t12?,15-,16+. The lowest BCUT2D eigenvalue weighted by Gasteiger charge is -2.26. The summed E-state index contributed by atoms with van der Waals surface area (Å²) in [7, 11) is 3.20. The van der Waals surface area contributed by atoms with Crippen LogP contribution in [0.3, 0.4) is 0 Å². The van der Waals surface area contributed by atoms with Gasteiger partial charge in [0.2, 0.25) is 0 Å². The molecule has 6 heteroatoms. The van der Waals surface area contributed by atoms with Crippen LogP contribution in [0.2, 0.25) is 0 Å². The zero-order valence-corrected chi connectivity index (χ0v) is 15.8. The summed E-state index contributed by atoms with van der Waals surface area (Å²) in [5.74, 6) is 1.91. The summed E-state index contributed by atoms with van der Waals surface area (Å²) in [6, 6.07) is 6.12. The van der Waals surface area contributed by atoms with E-state index in [1.807, 2.05) is 18.2 Å². The number of ketones is 1. The molecule has 6 nitrogen and oxygen atoms in total. The number of nitrogens with one attached hydrogen (secondary N) is 1. The predicted molar refractivity (Wildman–Crippen MR) is 103 cm³/mol. The molecule has 0 aromatic heterocycles. The summed E-state index contributed by atoms with van der Waals surface area (Å²) in [5, 5.41) is 14.1. The molecule has 0 spiro atoms. The normalized spacial score (nSPS) is 27.7. The third-order valence-electron chi connectivity index (χ3n) is 5.90. The van der Waals surface area contributed by atoms with Crippen LogP contribution in [0, 0.1) is 0 Å². The molecule has 3 atom stereocenters. The fourth-order valence-corrected chi connectivity index (χ4v) is 4.49. The number of ether oxygens (including phenoxy) is 2. The molecule has 0 bridgehead atoms. The number of amidine groups is 1. The van der Waals surface area contributed by atoms with E-state index in [2.05, 4.69) is 5.32 Å². The molecule has 2 N–H and O–H groups in total. The lowest BCUT2D eigenvalue weighted by atomic mass is 9.82. The highest BCUT2D eigenvalue weighted by Gasteiger charge is 2.38. The average molecular weight is 370 g/mol. The number of Topliss-reactive ketones (excluding diaryl/α,β-unsaturated/α-hetero) is 1. The Hall–Kier alpha value is -2.50. The maximum atomic E-state index is 12.9. The Morgan fingerprint density at radius 1 is 1.15 bits per heavy atom. The van der Waals surface area contributed by atoms with Crippen molar-refractivity contribution in [2.75, 3.05) is 14.2 Å². The molecule has 2 aliphatic carbocycles. The number of benzene rings is 1. The third-order valence-corrected chi connectivity index (χ3v) is 5.90. The van der Waals surface area contributed by atoms with Crippen LogP contribution in [-0.4, -0.2) is 43.0 Å². The Balaban J connectivity index is 1.59. The molecule has 1 aliphatic heterocycles. The lowest BCUT2D eigenvalue weighted by molar-refractivity contribution is -0.116. The zero-order valence-electron chi connectivity index (χ0n) is 15.8. The van der Waals surface area contributed by atoms with Gasteiger partial charge in [0.05, 0.1) is 25.8 Å². The number of fused-ring (bicyclic) bond motifs is 1. The van der Waals surface area contributed by atoms with Crippen molar-refractivity contribution >= 4 is 11.6 Å². The molecule has 1 aromatic rings. The van der Waals surface area contributed by atoms with Gasteiger partial charge in [-0.3, -0.25) is 9.79 Å². The average Bonchev–Trinajstić information content (AvgIpc) is 3.10. The van der Waals surface area contributed by atoms with Crippen LogP contribution in [0.5, 0.6) is 11.5 Å². The van der Waals surface area contributed by atoms with Gasteiger partial charge >= 0.3 is 0 Å². The van der Waals surface area contributed by atoms with Gasteiger partial charge in [0.15, 0.2) is 5.78 Å². The smallest absolute Gasteiger partial charge is 0.170 e. The summed E-state index contributed by atoms with van der Waals surface area (Å²) < 4.78 is 10.7. The summed E-state index contributed by atoms with van der Waals surface area (Å²) in [6.07, 6.45) is 5.23. The number of carbonyl (C=O) groups is 1. The summed E-state index contributed by atoms with van der Waals surface area (Å²) >= 11 is 0. The number of carbonyl (C=O) groups excluding carboxylic acids is 1. The first-order valence-corrected chi connectivity index (χ1v) is 9.62. The molecule has 27 heavy (non-hydrogen) atoms. The molecule has 1 fully saturated rings. The van der Waals surface area contributed by atoms with Crippen molar-refractivity contribution in [2.45, 2.75) is 56.5 Å². The van der Waals surface area contributed by atoms with E-state index in [1.54, 1.807) is 14.2 Å². The molecular formula is C21H26N2O4. The van der Waals surface area contributed by atoms with Gasteiger partial charge in [-0.25, -0.2) is 0 Å². The lowest BCUT2D eigenvalue weighted by Crippen LogP contribution is -2.39. The van der Waals surface area contributed by atoms with Crippen LogP contribution >= 0.6 is 0 Å². The van der Waals surface area contributed by atoms with E-state index >= 15 is 0 Å². The summed E-state index contributed by atoms with van der Waals surface area (Å²) in [6.45, 7) is 0. The Morgan fingerprint density at radius 2 is 1.96 bits per heavy atom. The minimum Gasteiger partial charge on any atom is -0.511 e. The molecule has 0 amide bonds. The second-order valence-electron chi connectivity index (χ2n) is 7.54. The molecule has 1 unspecified atom stereocenters. The fourth-order valence-electron chi connectivity index (χ4n) is 4.49. The Morgan fingerprint density at radius 3 is 2.67 bits per heavy atom. The number of hydrogen-bond acceptors (Lipinski definition) is 6. The van der Waals surface area contributed by atoms with Gasteiger partial charge in [0, 0.05) is 30.9 Å². The maximum absolute atomic E-state index is 12.9. The van der Waals surface area contributed by atoms with Crippen LogP contribution in [-0.2, 0) is 4.79 Å². The predicted octanol–water partition coefficient (Wildman–Crippen LogP) is 3.28. The SMILES string of the molecule is COc1ccc(C2CC(=O)C(C3=N[C@H]4CCCC[C@H]4N3)=C(O)C2)c(OC)c1. The molecule has 144 valence electrons. The number of allylic oxidation sites excluding steroid dienone is 1. The second kappa shape index (κ2) is 7.25. The first-order valence-electron chi connectivity index (χ1n) is 9.62. The van der Waals surface area contributed by atoms with Crippen LogP contribution in [0.4, 0.5) is 0 Å². The van der Waals surface area contributed by atoms with Crippen molar-refractivity contribution in [3.63, 3.8) is 0 Å². The van der Waals surface area contributed by atoms with E-state index in [0.717, 1.165) is 18.4 Å². The summed E-state index contributed by atoms with van der Waals surface area (Å²) in [4.78, 5) is 17.6. The van der Waals surface area contributed by atoms with Gasteiger partial charge < -0.3 is 19.9 Å². The Bertz CT molecular complexity index is 814. The van der Waals surface area contributed by atoms with Crippen LogP contribution in [0.15, 0.2) is 34.5 Å². The molecule has 4 rings (SSSR count). The first-order chi connectivity index (χ1) is 13.1. The quantitative estimate of drug-likeness (QED) is 0.850. The van der Waals surface area contributed by atoms with Gasteiger partial charge in [0.1, 0.15) is 23.1 Å². The monoisotopic (exact) mass is 370 g/mol. The molecular weight excluding hydrogens is 344 g/mol. The highest BCUT2D eigenvalue weighted by atomic mass is 16.5. The molecule has 1 heterocycles. The first kappa shape index (κ1) is 17.9. The van der Waals surface area contributed by atoms with E-state index in [4.69, 9.17) is 14.5 Å². The fraction of sp³-hybridized carbons (Fsp3) is 0.524. The largest absolute Gasteiger partial charge is 0.511 e. The Kier molecular flexibility index (Phi) is 4.81. The molecule has 3 aliphatic rings. The maximum Gasteiger partial charge on any atom is 0.170 e. The van der Waals surface area contributed by atoms with Crippen LogP contribution in [0.1, 0.15) is 50.0 Å². The van der Waals surface area contributed by atoms with Gasteiger partial charge in [-0.15, -0.1) is 0 Å². The van der Waals surface area contributed by atoms with E-state index in [0.29, 0.717) is 41.8 Å². The van der Waals surface area contributed by atoms with E-state index in [9.17, 15) is 9.90 Å². The number of hydrogen-bond donors (Lipinski definition) is 2. The molecule has 1 saturated carbocycles. The molecule has 0 radical (unpaired) electrons. The Labute approximate surface area is 159 Å². The number of aliphatic hydroxyl groups excluding tert-OH is 1. The van der Waals surface area contributed by atoms with Gasteiger partial charge in [-0.2, -0.15) is 0 Å². The van der Waals surface area contributed by atoms with Crippen molar-refractivity contribution in [1.29, 1.82) is 0 Å². The van der Waals surface area contributed by atoms with Crippen LogP contribution < -0.4 is 14.8 Å². The van der Waals surface area contributed by atoms with Gasteiger partial charge in [0.25, 0.3) is 0 Å². The highest BCUT2D eigenvalue weighted by Crippen LogP contribution is 2.40.